The number of aromatic hydroxyl groups is 2. The smallest absolute Gasteiger partial charge is 0.163 e. The lowest BCUT2D eigenvalue weighted by Crippen LogP contribution is -2.32. The van der Waals surface area contributed by atoms with E-state index >= 15 is 0 Å². The third-order valence-corrected chi connectivity index (χ3v) is 4.11. The van der Waals surface area contributed by atoms with Gasteiger partial charge in [-0.15, -0.1) is 0 Å². The number of benzene rings is 2. The first kappa shape index (κ1) is 14.9. The zero-order chi connectivity index (χ0) is 15.5. The summed E-state index contributed by atoms with van der Waals surface area (Å²) >= 11 is 0. The van der Waals surface area contributed by atoms with Crippen molar-refractivity contribution in [3.05, 3.63) is 59.2 Å². The summed E-state index contributed by atoms with van der Waals surface area (Å²) in [7, 11) is 0. The van der Waals surface area contributed by atoms with Crippen LogP contribution in [0.4, 0.5) is 0 Å². The van der Waals surface area contributed by atoms with Crippen LogP contribution >= 0.6 is 0 Å². The SMILES string of the molecule is CC(Cc1ccccc1)NCC1OCc2c1ccc(O)c2O. The van der Waals surface area contributed by atoms with Gasteiger partial charge in [-0.2, -0.15) is 0 Å². The van der Waals surface area contributed by atoms with Crippen molar-refractivity contribution in [3.8, 4) is 11.5 Å². The number of phenols is 2. The molecule has 1 aliphatic heterocycles. The zero-order valence-corrected chi connectivity index (χ0v) is 12.6. The van der Waals surface area contributed by atoms with Crippen LogP contribution in [0.3, 0.4) is 0 Å². The van der Waals surface area contributed by atoms with E-state index in [0.717, 1.165) is 12.0 Å². The highest BCUT2D eigenvalue weighted by molar-refractivity contribution is 5.50. The van der Waals surface area contributed by atoms with Crippen molar-refractivity contribution in [2.75, 3.05) is 6.54 Å². The second-order valence-corrected chi connectivity index (χ2v) is 5.80. The summed E-state index contributed by atoms with van der Waals surface area (Å²) in [5, 5.41) is 22.9. The number of fused-ring (bicyclic) bond motifs is 1. The van der Waals surface area contributed by atoms with Crippen molar-refractivity contribution in [2.24, 2.45) is 0 Å². The molecule has 2 atom stereocenters. The number of ether oxygens (including phenoxy) is 1. The maximum absolute atomic E-state index is 9.86. The minimum Gasteiger partial charge on any atom is -0.504 e. The molecule has 0 radical (unpaired) electrons. The number of nitrogens with one attached hydrogen (secondary N) is 1. The van der Waals surface area contributed by atoms with Gasteiger partial charge in [-0.25, -0.2) is 0 Å². The average Bonchev–Trinajstić information content (AvgIpc) is 2.94. The Labute approximate surface area is 130 Å². The fourth-order valence-corrected chi connectivity index (χ4v) is 2.88. The Hall–Kier alpha value is -2.04. The monoisotopic (exact) mass is 299 g/mol. The molecule has 0 aliphatic carbocycles. The molecule has 0 spiro atoms. The molecular weight excluding hydrogens is 278 g/mol. The van der Waals surface area contributed by atoms with Crippen molar-refractivity contribution in [3.63, 3.8) is 0 Å². The van der Waals surface area contributed by atoms with Gasteiger partial charge in [0.25, 0.3) is 0 Å². The largest absolute Gasteiger partial charge is 0.504 e. The normalized spacial score (nSPS) is 18.1. The second kappa shape index (κ2) is 6.38. The molecule has 0 bridgehead atoms. The van der Waals surface area contributed by atoms with Crippen molar-refractivity contribution < 1.29 is 14.9 Å². The Bertz CT molecular complexity index is 642. The Kier molecular flexibility index (Phi) is 4.32. The van der Waals surface area contributed by atoms with E-state index in [1.54, 1.807) is 0 Å². The van der Waals surface area contributed by atoms with E-state index in [9.17, 15) is 10.2 Å². The summed E-state index contributed by atoms with van der Waals surface area (Å²) < 4.78 is 5.73. The quantitative estimate of drug-likeness (QED) is 0.743. The number of hydrogen-bond donors (Lipinski definition) is 3. The lowest BCUT2D eigenvalue weighted by atomic mass is 10.0. The molecule has 2 unspecified atom stereocenters. The van der Waals surface area contributed by atoms with Crippen molar-refractivity contribution in [2.45, 2.75) is 32.1 Å². The van der Waals surface area contributed by atoms with Crippen LogP contribution in [0.1, 0.15) is 29.7 Å². The predicted octanol–water partition coefficient (Wildman–Crippen LogP) is 2.89. The summed E-state index contributed by atoms with van der Waals surface area (Å²) in [4.78, 5) is 0. The van der Waals surface area contributed by atoms with Crippen LogP contribution < -0.4 is 5.32 Å². The highest BCUT2D eigenvalue weighted by Crippen LogP contribution is 2.40. The standard InChI is InChI=1S/C18H21NO3/c1-12(9-13-5-3-2-4-6-13)19-10-17-14-7-8-16(20)18(21)15(14)11-22-17/h2-8,12,17,19-21H,9-11H2,1H3. The van der Waals surface area contributed by atoms with E-state index < -0.39 is 0 Å². The van der Waals surface area contributed by atoms with Gasteiger partial charge in [0, 0.05) is 18.2 Å². The fourth-order valence-electron chi connectivity index (χ4n) is 2.88. The lowest BCUT2D eigenvalue weighted by Gasteiger charge is -2.18. The van der Waals surface area contributed by atoms with Crippen LogP contribution in [0, 0.1) is 0 Å². The van der Waals surface area contributed by atoms with Crippen LogP contribution in [0.5, 0.6) is 11.5 Å². The van der Waals surface area contributed by atoms with Gasteiger partial charge < -0.3 is 20.3 Å². The van der Waals surface area contributed by atoms with Gasteiger partial charge in [-0.05, 0) is 30.5 Å². The number of phenolic OH excluding ortho intramolecular Hbond substituents is 2. The van der Waals surface area contributed by atoms with Gasteiger partial charge in [0.15, 0.2) is 11.5 Å². The Morgan fingerprint density at radius 2 is 1.95 bits per heavy atom. The molecule has 2 aromatic rings. The van der Waals surface area contributed by atoms with Crippen molar-refractivity contribution in [1.82, 2.24) is 5.32 Å². The van der Waals surface area contributed by atoms with Gasteiger partial charge in [-0.1, -0.05) is 36.4 Å². The number of rotatable bonds is 5. The summed E-state index contributed by atoms with van der Waals surface area (Å²) in [6, 6.07) is 14.0. The van der Waals surface area contributed by atoms with E-state index in [4.69, 9.17) is 4.74 Å². The first-order valence-electron chi connectivity index (χ1n) is 7.57. The molecule has 4 heteroatoms. The minimum atomic E-state index is -0.0894. The van der Waals surface area contributed by atoms with Crippen LogP contribution in [0.15, 0.2) is 42.5 Å². The van der Waals surface area contributed by atoms with Gasteiger partial charge in [-0.3, -0.25) is 0 Å². The zero-order valence-electron chi connectivity index (χ0n) is 12.6. The maximum Gasteiger partial charge on any atom is 0.163 e. The van der Waals surface area contributed by atoms with E-state index in [0.29, 0.717) is 24.8 Å². The number of hydrogen-bond acceptors (Lipinski definition) is 4. The molecule has 0 saturated carbocycles. The van der Waals surface area contributed by atoms with E-state index in [2.05, 4.69) is 24.4 Å². The molecule has 2 aromatic carbocycles. The first-order valence-corrected chi connectivity index (χ1v) is 7.57. The maximum atomic E-state index is 9.86. The topological polar surface area (TPSA) is 61.7 Å². The Morgan fingerprint density at radius 3 is 2.73 bits per heavy atom. The van der Waals surface area contributed by atoms with E-state index in [1.165, 1.54) is 11.6 Å². The molecule has 22 heavy (non-hydrogen) atoms. The van der Waals surface area contributed by atoms with E-state index in [-0.39, 0.29) is 17.6 Å². The average molecular weight is 299 g/mol. The molecule has 3 N–H and O–H groups in total. The highest BCUT2D eigenvalue weighted by Gasteiger charge is 2.27. The molecule has 0 fully saturated rings. The molecule has 3 rings (SSSR count). The Morgan fingerprint density at radius 1 is 1.18 bits per heavy atom. The third kappa shape index (κ3) is 3.08. The fraction of sp³-hybridized carbons (Fsp3) is 0.333. The molecule has 0 aromatic heterocycles. The van der Waals surface area contributed by atoms with Crippen LogP contribution in [0.2, 0.25) is 0 Å². The molecular formula is C18H21NO3. The third-order valence-electron chi connectivity index (χ3n) is 4.11. The molecule has 1 heterocycles. The second-order valence-electron chi connectivity index (χ2n) is 5.80. The van der Waals surface area contributed by atoms with Crippen LogP contribution in [0.25, 0.3) is 0 Å². The summed E-state index contributed by atoms with van der Waals surface area (Å²) in [6.07, 6.45) is 0.876. The van der Waals surface area contributed by atoms with Gasteiger partial charge in [0.05, 0.1) is 12.7 Å². The molecule has 1 aliphatic rings. The van der Waals surface area contributed by atoms with Gasteiger partial charge in [0.1, 0.15) is 0 Å². The van der Waals surface area contributed by atoms with Crippen molar-refractivity contribution >= 4 is 0 Å². The molecule has 0 amide bonds. The summed E-state index contributed by atoms with van der Waals surface area (Å²) in [5.41, 5.74) is 2.95. The first-order chi connectivity index (χ1) is 10.6. The summed E-state index contributed by atoms with van der Waals surface area (Å²) in [6.45, 7) is 3.18. The highest BCUT2D eigenvalue weighted by atomic mass is 16.5. The Balaban J connectivity index is 1.59. The van der Waals surface area contributed by atoms with Gasteiger partial charge in [0.2, 0.25) is 0 Å². The minimum absolute atomic E-state index is 0.0580. The van der Waals surface area contributed by atoms with Crippen molar-refractivity contribution in [1.29, 1.82) is 0 Å². The predicted molar refractivity (Wildman–Crippen MR) is 84.9 cm³/mol. The summed E-state index contributed by atoms with van der Waals surface area (Å²) in [5.74, 6) is -0.147. The molecule has 0 saturated heterocycles. The van der Waals surface area contributed by atoms with Gasteiger partial charge >= 0.3 is 0 Å². The van der Waals surface area contributed by atoms with Crippen LogP contribution in [-0.4, -0.2) is 22.8 Å². The van der Waals surface area contributed by atoms with E-state index in [1.807, 2.05) is 24.3 Å². The lowest BCUT2D eigenvalue weighted by molar-refractivity contribution is 0.0638. The molecule has 116 valence electrons. The van der Waals surface area contributed by atoms with Crippen LogP contribution in [-0.2, 0) is 17.8 Å². The molecule has 4 nitrogen and oxygen atoms in total.